The van der Waals surface area contributed by atoms with E-state index in [1.54, 1.807) is 0 Å². The van der Waals surface area contributed by atoms with Crippen molar-refractivity contribution in [1.82, 2.24) is 15.5 Å². The molecule has 1 unspecified atom stereocenters. The molecule has 0 saturated carbocycles. The second-order valence-electron chi connectivity index (χ2n) is 5.40. The van der Waals surface area contributed by atoms with E-state index in [-0.39, 0.29) is 28.3 Å². The number of carbonyl (C=O) groups excluding carboxylic acids is 1. The first-order chi connectivity index (χ1) is 11.7. The Kier molecular flexibility index (Phi) is 5.84. The molecule has 2 N–H and O–H groups in total. The minimum Gasteiger partial charge on any atom is -0.348 e. The first kappa shape index (κ1) is 19.0. The molecule has 1 aromatic heterocycles. The highest BCUT2D eigenvalue weighted by molar-refractivity contribution is 6.30. The SMILES string of the molecule is CCC(C)NC(=O)c1ccc(Nc2ccc(Cl)cc2C(F)(F)F)nn1. The molecule has 0 saturated heterocycles. The number of hydrogen-bond acceptors (Lipinski definition) is 4. The summed E-state index contributed by atoms with van der Waals surface area (Å²) < 4.78 is 39.2. The van der Waals surface area contributed by atoms with Gasteiger partial charge in [0.05, 0.1) is 11.3 Å². The maximum absolute atomic E-state index is 13.1. The summed E-state index contributed by atoms with van der Waals surface area (Å²) in [6.45, 7) is 3.77. The van der Waals surface area contributed by atoms with Crippen molar-refractivity contribution < 1.29 is 18.0 Å². The lowest BCUT2D eigenvalue weighted by atomic mass is 10.1. The Morgan fingerprint density at radius 1 is 1.24 bits per heavy atom. The van der Waals surface area contributed by atoms with Gasteiger partial charge in [0.25, 0.3) is 5.91 Å². The van der Waals surface area contributed by atoms with Crippen LogP contribution in [0.2, 0.25) is 5.02 Å². The highest BCUT2D eigenvalue weighted by atomic mass is 35.5. The highest BCUT2D eigenvalue weighted by Crippen LogP contribution is 2.37. The second-order valence-corrected chi connectivity index (χ2v) is 5.84. The minimum atomic E-state index is -4.57. The average molecular weight is 373 g/mol. The summed E-state index contributed by atoms with van der Waals surface area (Å²) in [6.07, 6.45) is -3.81. The predicted molar refractivity (Wildman–Crippen MR) is 89.0 cm³/mol. The van der Waals surface area contributed by atoms with Gasteiger partial charge in [0, 0.05) is 11.1 Å². The number of benzene rings is 1. The van der Waals surface area contributed by atoms with Crippen LogP contribution >= 0.6 is 11.6 Å². The standard InChI is InChI=1S/C16H16ClF3N4O/c1-3-9(2)21-15(25)13-6-7-14(24-23-13)22-12-5-4-10(17)8-11(12)16(18,19)20/h4-9H,3H2,1-2H3,(H,21,25)(H,22,24). The van der Waals surface area contributed by atoms with Gasteiger partial charge in [-0.3, -0.25) is 4.79 Å². The average Bonchev–Trinajstić information content (AvgIpc) is 2.56. The Balaban J connectivity index is 2.18. The van der Waals surface area contributed by atoms with Crippen LogP contribution < -0.4 is 10.6 Å². The number of halogens is 4. The zero-order valence-electron chi connectivity index (χ0n) is 13.5. The Hall–Kier alpha value is -2.35. The Bertz CT molecular complexity index is 750. The van der Waals surface area contributed by atoms with Gasteiger partial charge in [0.15, 0.2) is 11.5 Å². The van der Waals surface area contributed by atoms with Gasteiger partial charge in [0.1, 0.15) is 0 Å². The predicted octanol–water partition coefficient (Wildman–Crippen LogP) is 4.42. The van der Waals surface area contributed by atoms with Crippen LogP contribution in [0.1, 0.15) is 36.3 Å². The molecule has 0 radical (unpaired) electrons. The third-order valence-corrected chi connectivity index (χ3v) is 3.67. The van der Waals surface area contributed by atoms with Crippen LogP contribution in [0.15, 0.2) is 30.3 Å². The molecule has 0 aliphatic carbocycles. The summed E-state index contributed by atoms with van der Waals surface area (Å²) in [7, 11) is 0. The van der Waals surface area contributed by atoms with Crippen molar-refractivity contribution in [3.63, 3.8) is 0 Å². The summed E-state index contributed by atoms with van der Waals surface area (Å²) in [5.41, 5.74) is -1.04. The normalized spacial score (nSPS) is 12.6. The molecule has 0 aliphatic rings. The summed E-state index contributed by atoms with van der Waals surface area (Å²) in [5, 5.41) is 12.7. The van der Waals surface area contributed by atoms with Crippen LogP contribution in [0.3, 0.4) is 0 Å². The van der Waals surface area contributed by atoms with E-state index in [4.69, 9.17) is 11.6 Å². The van der Waals surface area contributed by atoms with E-state index in [0.29, 0.717) is 0 Å². The Morgan fingerprint density at radius 2 is 1.96 bits per heavy atom. The fourth-order valence-electron chi connectivity index (χ4n) is 1.92. The molecule has 0 aliphatic heterocycles. The van der Waals surface area contributed by atoms with Crippen molar-refractivity contribution in [1.29, 1.82) is 0 Å². The Morgan fingerprint density at radius 3 is 2.52 bits per heavy atom. The number of aromatic nitrogens is 2. The zero-order valence-corrected chi connectivity index (χ0v) is 14.2. The number of amides is 1. The molecule has 5 nitrogen and oxygen atoms in total. The molecule has 1 aromatic carbocycles. The summed E-state index contributed by atoms with van der Waals surface area (Å²) >= 11 is 5.63. The van der Waals surface area contributed by atoms with Gasteiger partial charge in [0.2, 0.25) is 0 Å². The van der Waals surface area contributed by atoms with E-state index in [1.807, 2.05) is 13.8 Å². The van der Waals surface area contributed by atoms with Gasteiger partial charge in [-0.25, -0.2) is 0 Å². The largest absolute Gasteiger partial charge is 0.418 e. The van der Waals surface area contributed by atoms with Gasteiger partial charge < -0.3 is 10.6 Å². The summed E-state index contributed by atoms with van der Waals surface area (Å²) in [4.78, 5) is 11.9. The first-order valence-corrected chi connectivity index (χ1v) is 7.87. The van der Waals surface area contributed by atoms with Crippen LogP contribution in [0.5, 0.6) is 0 Å². The number of hydrogen-bond donors (Lipinski definition) is 2. The number of anilines is 2. The third kappa shape index (κ3) is 5.06. The number of alkyl halides is 3. The van der Waals surface area contributed by atoms with Crippen molar-refractivity contribution in [2.24, 2.45) is 0 Å². The third-order valence-electron chi connectivity index (χ3n) is 3.44. The zero-order chi connectivity index (χ0) is 18.6. The van der Waals surface area contributed by atoms with Crippen molar-refractivity contribution in [3.8, 4) is 0 Å². The monoisotopic (exact) mass is 372 g/mol. The molecule has 9 heteroatoms. The van der Waals surface area contributed by atoms with Crippen LogP contribution in [-0.4, -0.2) is 22.1 Å². The number of rotatable bonds is 5. The molecule has 1 amide bonds. The fourth-order valence-corrected chi connectivity index (χ4v) is 2.09. The van der Waals surface area contributed by atoms with E-state index in [2.05, 4.69) is 20.8 Å². The van der Waals surface area contributed by atoms with E-state index in [9.17, 15) is 18.0 Å². The van der Waals surface area contributed by atoms with E-state index in [0.717, 1.165) is 12.5 Å². The van der Waals surface area contributed by atoms with Crippen LogP contribution in [-0.2, 0) is 6.18 Å². The smallest absolute Gasteiger partial charge is 0.348 e. The van der Waals surface area contributed by atoms with Gasteiger partial charge >= 0.3 is 6.18 Å². The Labute approximate surface area is 147 Å². The molecular weight excluding hydrogens is 357 g/mol. The van der Waals surface area contributed by atoms with Gasteiger partial charge in [-0.2, -0.15) is 13.2 Å². The molecule has 25 heavy (non-hydrogen) atoms. The van der Waals surface area contributed by atoms with Crippen LogP contribution in [0.4, 0.5) is 24.7 Å². The molecular formula is C16H16ClF3N4O. The molecule has 1 heterocycles. The highest BCUT2D eigenvalue weighted by Gasteiger charge is 2.34. The second kappa shape index (κ2) is 7.69. The molecule has 2 rings (SSSR count). The number of carbonyl (C=O) groups is 1. The van der Waals surface area contributed by atoms with Crippen LogP contribution in [0.25, 0.3) is 0 Å². The van der Waals surface area contributed by atoms with E-state index in [1.165, 1.54) is 24.3 Å². The number of nitrogens with zero attached hydrogens (tertiary/aromatic N) is 2. The van der Waals surface area contributed by atoms with E-state index < -0.39 is 17.6 Å². The first-order valence-electron chi connectivity index (χ1n) is 7.49. The molecule has 2 aromatic rings. The molecule has 134 valence electrons. The maximum Gasteiger partial charge on any atom is 0.418 e. The fraction of sp³-hybridized carbons (Fsp3) is 0.312. The van der Waals surface area contributed by atoms with Crippen LogP contribution in [0, 0.1) is 0 Å². The molecule has 0 fully saturated rings. The molecule has 0 bridgehead atoms. The van der Waals surface area contributed by atoms with Crippen molar-refractivity contribution in [2.75, 3.05) is 5.32 Å². The minimum absolute atomic E-state index is 0.0180. The lowest BCUT2D eigenvalue weighted by molar-refractivity contribution is -0.136. The lowest BCUT2D eigenvalue weighted by Crippen LogP contribution is -2.32. The maximum atomic E-state index is 13.1. The van der Waals surface area contributed by atoms with Gasteiger partial charge in [-0.05, 0) is 43.7 Å². The van der Waals surface area contributed by atoms with Crippen molar-refractivity contribution in [3.05, 3.63) is 46.6 Å². The molecule has 0 spiro atoms. The van der Waals surface area contributed by atoms with Crippen molar-refractivity contribution in [2.45, 2.75) is 32.5 Å². The van der Waals surface area contributed by atoms with E-state index >= 15 is 0 Å². The van der Waals surface area contributed by atoms with Gasteiger partial charge in [-0.1, -0.05) is 18.5 Å². The van der Waals surface area contributed by atoms with Gasteiger partial charge in [-0.15, -0.1) is 10.2 Å². The van der Waals surface area contributed by atoms with Crippen molar-refractivity contribution >= 4 is 29.0 Å². The lowest BCUT2D eigenvalue weighted by Gasteiger charge is -2.14. The topological polar surface area (TPSA) is 66.9 Å². The molecule has 1 atom stereocenters. The summed E-state index contributed by atoms with van der Waals surface area (Å²) in [5.74, 6) is -0.316. The summed E-state index contributed by atoms with van der Waals surface area (Å²) in [6, 6.07) is 6.11. The number of nitrogens with one attached hydrogen (secondary N) is 2. The quantitative estimate of drug-likeness (QED) is 0.815.